The van der Waals surface area contributed by atoms with Gasteiger partial charge in [0.2, 0.25) is 0 Å². The van der Waals surface area contributed by atoms with E-state index >= 15 is 8.78 Å². The molecule has 0 radical (unpaired) electrons. The molecule has 0 bridgehead atoms. The third kappa shape index (κ3) is 5.60. The molecule has 0 fully saturated rings. The molecule has 0 saturated carbocycles. The first-order valence-electron chi connectivity index (χ1n) is 12.4. The van der Waals surface area contributed by atoms with E-state index in [1.54, 1.807) is 6.07 Å². The summed E-state index contributed by atoms with van der Waals surface area (Å²) >= 11 is 0. The van der Waals surface area contributed by atoms with Gasteiger partial charge in [0.25, 0.3) is 6.08 Å². The zero-order valence-electron chi connectivity index (χ0n) is 21.5. The standard InChI is InChI=1S/C31H18F10O/c1-14-4-15-2-3-16(6-17(15)5-14)18-7-24(34)29(25(35)8-18)19-9-26(36)30(27(37)10-19)31(40,41)42-20-11-22(32)21(13-28(38)39)23(33)12-20/h2-3,6-14H,4-5H2,1H3. The van der Waals surface area contributed by atoms with Gasteiger partial charge in [0.15, 0.2) is 0 Å². The van der Waals surface area contributed by atoms with Gasteiger partial charge in [-0.2, -0.15) is 17.6 Å². The molecule has 1 aliphatic carbocycles. The maximum Gasteiger partial charge on any atom is 0.432 e. The topological polar surface area (TPSA) is 9.23 Å². The Bertz CT molecular complexity index is 1670. The Labute approximate surface area is 232 Å². The van der Waals surface area contributed by atoms with E-state index in [4.69, 9.17) is 0 Å². The van der Waals surface area contributed by atoms with Crippen molar-refractivity contribution < 1.29 is 48.6 Å². The van der Waals surface area contributed by atoms with Crippen LogP contribution >= 0.6 is 0 Å². The van der Waals surface area contributed by atoms with Gasteiger partial charge >= 0.3 is 6.11 Å². The Balaban J connectivity index is 1.46. The number of ether oxygens (including phenoxy) is 1. The van der Waals surface area contributed by atoms with Gasteiger partial charge in [0, 0.05) is 18.2 Å². The number of benzene rings is 4. The summed E-state index contributed by atoms with van der Waals surface area (Å²) in [6.07, 6.45) is -5.87. The van der Waals surface area contributed by atoms with Crippen molar-refractivity contribution in [1.29, 1.82) is 0 Å². The van der Waals surface area contributed by atoms with Crippen molar-refractivity contribution in [3.63, 3.8) is 0 Å². The number of alkyl halides is 2. The normalized spacial score (nSPS) is 14.6. The van der Waals surface area contributed by atoms with Gasteiger partial charge in [0.05, 0.1) is 11.1 Å². The molecule has 0 aliphatic heterocycles. The van der Waals surface area contributed by atoms with Crippen LogP contribution in [0.5, 0.6) is 5.75 Å². The van der Waals surface area contributed by atoms with Crippen molar-refractivity contribution in [1.82, 2.24) is 0 Å². The van der Waals surface area contributed by atoms with E-state index in [-0.39, 0.29) is 35.9 Å². The summed E-state index contributed by atoms with van der Waals surface area (Å²) < 4.78 is 146. The molecule has 0 heterocycles. The lowest BCUT2D eigenvalue weighted by molar-refractivity contribution is -0.189. The van der Waals surface area contributed by atoms with Crippen LogP contribution < -0.4 is 4.74 Å². The highest BCUT2D eigenvalue weighted by atomic mass is 19.3. The minimum Gasteiger partial charge on any atom is -0.429 e. The molecule has 5 rings (SSSR count). The molecule has 42 heavy (non-hydrogen) atoms. The number of rotatable bonds is 6. The summed E-state index contributed by atoms with van der Waals surface area (Å²) in [6, 6.07) is 8.02. The van der Waals surface area contributed by atoms with Crippen molar-refractivity contribution in [2.75, 3.05) is 0 Å². The Morgan fingerprint density at radius 1 is 0.690 bits per heavy atom. The molecule has 1 atom stereocenters. The van der Waals surface area contributed by atoms with Crippen molar-refractivity contribution in [3.8, 4) is 28.0 Å². The minimum atomic E-state index is -4.89. The molecule has 1 aliphatic rings. The zero-order valence-corrected chi connectivity index (χ0v) is 21.5. The van der Waals surface area contributed by atoms with Gasteiger partial charge in [-0.05, 0) is 70.8 Å². The fraction of sp³-hybridized carbons (Fsp3) is 0.161. The SMILES string of the molecule is CC1Cc2ccc(-c3cc(F)c(-c4cc(F)c(C(F)(F)Oc5cc(F)c(C=C(F)F)c(F)c5)c(F)c4)c(F)c3)cc2C1. The van der Waals surface area contributed by atoms with Crippen molar-refractivity contribution in [2.24, 2.45) is 5.92 Å². The van der Waals surface area contributed by atoms with Gasteiger partial charge in [-0.15, -0.1) is 0 Å². The Kier molecular flexibility index (Phi) is 7.55. The highest BCUT2D eigenvalue weighted by Crippen LogP contribution is 2.40. The lowest BCUT2D eigenvalue weighted by Crippen LogP contribution is -2.25. The highest BCUT2D eigenvalue weighted by molar-refractivity contribution is 5.73. The molecule has 218 valence electrons. The second-order valence-electron chi connectivity index (χ2n) is 9.98. The van der Waals surface area contributed by atoms with Crippen molar-refractivity contribution in [2.45, 2.75) is 25.9 Å². The highest BCUT2D eigenvalue weighted by Gasteiger charge is 2.42. The molecule has 0 saturated heterocycles. The summed E-state index contributed by atoms with van der Waals surface area (Å²) in [5.74, 6) is -10.7. The lowest BCUT2D eigenvalue weighted by Gasteiger charge is -2.20. The number of hydrogen-bond donors (Lipinski definition) is 0. The third-order valence-electron chi connectivity index (χ3n) is 6.89. The maximum atomic E-state index is 15.1. The van der Waals surface area contributed by atoms with Crippen molar-refractivity contribution in [3.05, 3.63) is 118 Å². The van der Waals surface area contributed by atoms with Gasteiger partial charge in [-0.3, -0.25) is 0 Å². The van der Waals surface area contributed by atoms with Crippen LogP contribution in [0.15, 0.2) is 60.7 Å². The first-order valence-corrected chi connectivity index (χ1v) is 12.4. The Morgan fingerprint density at radius 3 is 1.81 bits per heavy atom. The second kappa shape index (κ2) is 10.8. The predicted molar refractivity (Wildman–Crippen MR) is 135 cm³/mol. The monoisotopic (exact) mass is 596 g/mol. The quantitative estimate of drug-likeness (QED) is 0.201. The van der Waals surface area contributed by atoms with E-state index in [0.717, 1.165) is 36.1 Å². The second-order valence-corrected chi connectivity index (χ2v) is 9.98. The van der Waals surface area contributed by atoms with Gasteiger partial charge in [-0.25, -0.2) is 26.3 Å². The molecule has 0 N–H and O–H groups in total. The fourth-order valence-electron chi connectivity index (χ4n) is 5.09. The van der Waals surface area contributed by atoms with Gasteiger partial charge in [-0.1, -0.05) is 25.1 Å². The van der Waals surface area contributed by atoms with Crippen LogP contribution in [0.4, 0.5) is 43.9 Å². The van der Waals surface area contributed by atoms with E-state index in [9.17, 15) is 35.1 Å². The number of hydrogen-bond acceptors (Lipinski definition) is 1. The molecular formula is C31H18F10O. The predicted octanol–water partition coefficient (Wildman–Crippen LogP) is 9.96. The maximum absolute atomic E-state index is 15.1. The number of fused-ring (bicyclic) bond motifs is 1. The van der Waals surface area contributed by atoms with Gasteiger partial charge < -0.3 is 4.74 Å². The van der Waals surface area contributed by atoms with Crippen LogP contribution in [0.2, 0.25) is 0 Å². The van der Waals surface area contributed by atoms with E-state index in [2.05, 4.69) is 11.7 Å². The molecule has 4 aromatic rings. The minimum absolute atomic E-state index is 0.115. The van der Waals surface area contributed by atoms with Crippen LogP contribution in [-0.2, 0) is 19.0 Å². The largest absolute Gasteiger partial charge is 0.432 e. The zero-order chi connectivity index (χ0) is 30.5. The summed E-state index contributed by atoms with van der Waals surface area (Å²) in [5.41, 5.74) is -2.05. The average Bonchev–Trinajstić information content (AvgIpc) is 3.24. The van der Waals surface area contributed by atoms with Gasteiger partial charge in [0.1, 0.15) is 46.2 Å². The summed E-state index contributed by atoms with van der Waals surface area (Å²) in [4.78, 5) is 0. The smallest absolute Gasteiger partial charge is 0.429 e. The first kappa shape index (κ1) is 29.2. The molecule has 1 nitrogen and oxygen atoms in total. The van der Waals surface area contributed by atoms with E-state index in [1.165, 1.54) is 0 Å². The summed E-state index contributed by atoms with van der Waals surface area (Å²) in [5, 5.41) is 0. The lowest BCUT2D eigenvalue weighted by atomic mass is 9.96. The van der Waals surface area contributed by atoms with Crippen LogP contribution in [0.3, 0.4) is 0 Å². The Morgan fingerprint density at radius 2 is 1.24 bits per heavy atom. The fourth-order valence-corrected chi connectivity index (χ4v) is 5.09. The third-order valence-corrected chi connectivity index (χ3v) is 6.89. The summed E-state index contributed by atoms with van der Waals surface area (Å²) in [7, 11) is 0. The van der Waals surface area contributed by atoms with Crippen LogP contribution in [0, 0.1) is 40.8 Å². The Hall–Kier alpha value is -4.28. The van der Waals surface area contributed by atoms with Crippen LogP contribution in [-0.4, -0.2) is 0 Å². The molecule has 11 heteroatoms. The molecule has 1 unspecified atom stereocenters. The van der Waals surface area contributed by atoms with E-state index < -0.39 is 75.1 Å². The van der Waals surface area contributed by atoms with E-state index in [0.29, 0.717) is 11.5 Å². The molecular weight excluding hydrogens is 578 g/mol. The van der Waals surface area contributed by atoms with Crippen LogP contribution in [0.1, 0.15) is 29.2 Å². The summed E-state index contributed by atoms with van der Waals surface area (Å²) in [6.45, 7) is 2.08. The van der Waals surface area contributed by atoms with Crippen molar-refractivity contribution >= 4 is 6.08 Å². The average molecular weight is 596 g/mol. The molecule has 4 aromatic carbocycles. The molecule has 0 spiro atoms. The molecule has 0 amide bonds. The molecule has 0 aromatic heterocycles. The first-order chi connectivity index (χ1) is 19.7. The van der Waals surface area contributed by atoms with Crippen LogP contribution in [0.25, 0.3) is 28.3 Å². The van der Waals surface area contributed by atoms with E-state index in [1.807, 2.05) is 12.1 Å². The number of halogens is 10.